The van der Waals surface area contributed by atoms with Gasteiger partial charge in [0.25, 0.3) is 5.91 Å². The fourth-order valence-corrected chi connectivity index (χ4v) is 2.76. The molecule has 0 aromatic heterocycles. The molecule has 0 unspecified atom stereocenters. The summed E-state index contributed by atoms with van der Waals surface area (Å²) in [5.41, 5.74) is 2.04. The molecule has 6 heteroatoms. The molecule has 2 amide bonds. The Hall–Kier alpha value is -3.02. The molecule has 0 spiro atoms. The molecule has 6 nitrogen and oxygen atoms in total. The smallest absolute Gasteiger partial charge is 0.251 e. The molecule has 150 valence electrons. The highest BCUT2D eigenvalue weighted by Crippen LogP contribution is 2.25. The van der Waals surface area contributed by atoms with Crippen molar-refractivity contribution < 1.29 is 19.1 Å². The Labute approximate surface area is 166 Å². The first-order valence-electron chi connectivity index (χ1n) is 9.35. The Bertz CT molecular complexity index is 816. The Kier molecular flexibility index (Phi) is 7.44. The fourth-order valence-electron chi connectivity index (χ4n) is 2.76. The molecule has 0 fully saturated rings. The second kappa shape index (κ2) is 9.78. The summed E-state index contributed by atoms with van der Waals surface area (Å²) >= 11 is 0. The lowest BCUT2D eigenvalue weighted by atomic mass is 10.0. The SMILES string of the molecule is CCOc1ccc(C(=O)N[C@H](C(=O)Nc2cc(C)ccc2OC)C(C)C)cc1. The van der Waals surface area contributed by atoms with Gasteiger partial charge in [0.2, 0.25) is 5.91 Å². The minimum Gasteiger partial charge on any atom is -0.495 e. The van der Waals surface area contributed by atoms with Gasteiger partial charge in [-0.15, -0.1) is 0 Å². The number of carbonyl (C=O) groups excluding carboxylic acids is 2. The van der Waals surface area contributed by atoms with Gasteiger partial charge in [0, 0.05) is 5.56 Å². The van der Waals surface area contributed by atoms with E-state index < -0.39 is 6.04 Å². The van der Waals surface area contributed by atoms with Crippen LogP contribution in [0.4, 0.5) is 5.69 Å². The molecular formula is C22H28N2O4. The number of rotatable bonds is 8. The number of anilines is 1. The first-order chi connectivity index (χ1) is 13.3. The average molecular weight is 384 g/mol. The summed E-state index contributed by atoms with van der Waals surface area (Å²) < 4.78 is 10.7. The maximum atomic E-state index is 12.8. The highest BCUT2D eigenvalue weighted by atomic mass is 16.5. The Morgan fingerprint density at radius 3 is 2.32 bits per heavy atom. The van der Waals surface area contributed by atoms with Crippen molar-refractivity contribution in [3.63, 3.8) is 0 Å². The fraction of sp³-hybridized carbons (Fsp3) is 0.364. The van der Waals surface area contributed by atoms with Gasteiger partial charge in [-0.25, -0.2) is 0 Å². The second-order valence-electron chi connectivity index (χ2n) is 6.85. The molecule has 2 aromatic carbocycles. The van der Waals surface area contributed by atoms with E-state index >= 15 is 0 Å². The van der Waals surface area contributed by atoms with Gasteiger partial charge in [-0.05, 0) is 61.7 Å². The standard InChI is InChI=1S/C22H28N2O4/c1-6-28-17-10-8-16(9-11-17)21(25)24-20(14(2)3)22(26)23-18-13-15(4)7-12-19(18)27-5/h7-14,20H,6H2,1-5H3,(H,23,26)(H,24,25)/t20-/m0/s1. The zero-order valence-corrected chi connectivity index (χ0v) is 17.0. The zero-order valence-electron chi connectivity index (χ0n) is 17.0. The zero-order chi connectivity index (χ0) is 20.7. The van der Waals surface area contributed by atoms with E-state index in [2.05, 4.69) is 10.6 Å². The normalized spacial score (nSPS) is 11.6. The molecular weight excluding hydrogens is 356 g/mol. The monoisotopic (exact) mass is 384 g/mol. The van der Waals surface area contributed by atoms with E-state index in [9.17, 15) is 9.59 Å². The minimum atomic E-state index is -0.690. The van der Waals surface area contributed by atoms with Crippen LogP contribution in [-0.2, 0) is 4.79 Å². The highest BCUT2D eigenvalue weighted by molar-refractivity contribution is 6.01. The topological polar surface area (TPSA) is 76.7 Å². The summed E-state index contributed by atoms with van der Waals surface area (Å²) in [7, 11) is 1.55. The number of ether oxygens (including phenoxy) is 2. The van der Waals surface area contributed by atoms with Gasteiger partial charge < -0.3 is 20.1 Å². The number of amides is 2. The third-order valence-electron chi connectivity index (χ3n) is 4.28. The highest BCUT2D eigenvalue weighted by Gasteiger charge is 2.25. The third-order valence-corrected chi connectivity index (χ3v) is 4.28. The number of aryl methyl sites for hydroxylation is 1. The lowest BCUT2D eigenvalue weighted by Gasteiger charge is -2.22. The van der Waals surface area contributed by atoms with Crippen molar-refractivity contribution in [2.24, 2.45) is 5.92 Å². The van der Waals surface area contributed by atoms with Crippen molar-refractivity contribution in [1.29, 1.82) is 0 Å². The van der Waals surface area contributed by atoms with E-state index in [-0.39, 0.29) is 17.7 Å². The molecule has 0 radical (unpaired) electrons. The number of hydrogen-bond acceptors (Lipinski definition) is 4. The Morgan fingerprint density at radius 2 is 1.75 bits per heavy atom. The van der Waals surface area contributed by atoms with E-state index in [1.165, 1.54) is 0 Å². The van der Waals surface area contributed by atoms with E-state index in [1.807, 2.05) is 39.8 Å². The lowest BCUT2D eigenvalue weighted by Crippen LogP contribution is -2.47. The largest absolute Gasteiger partial charge is 0.495 e. The Balaban J connectivity index is 2.13. The lowest BCUT2D eigenvalue weighted by molar-refractivity contribution is -0.118. The average Bonchev–Trinajstić information content (AvgIpc) is 2.66. The number of nitrogens with one attached hydrogen (secondary N) is 2. The molecule has 2 aromatic rings. The summed E-state index contributed by atoms with van der Waals surface area (Å²) in [6.07, 6.45) is 0. The molecule has 0 saturated heterocycles. The minimum absolute atomic E-state index is 0.0950. The number of methoxy groups -OCH3 is 1. The van der Waals surface area contributed by atoms with E-state index in [4.69, 9.17) is 9.47 Å². The number of carbonyl (C=O) groups is 2. The van der Waals surface area contributed by atoms with Gasteiger partial charge in [-0.1, -0.05) is 19.9 Å². The van der Waals surface area contributed by atoms with E-state index in [0.29, 0.717) is 29.4 Å². The molecule has 2 rings (SSSR count). The van der Waals surface area contributed by atoms with Gasteiger partial charge >= 0.3 is 0 Å². The maximum absolute atomic E-state index is 12.8. The maximum Gasteiger partial charge on any atom is 0.251 e. The van der Waals surface area contributed by atoms with Gasteiger partial charge in [-0.2, -0.15) is 0 Å². The molecule has 0 heterocycles. The van der Waals surface area contributed by atoms with Crippen molar-refractivity contribution in [2.45, 2.75) is 33.7 Å². The third kappa shape index (κ3) is 5.49. The summed E-state index contributed by atoms with van der Waals surface area (Å²) in [6.45, 7) is 8.16. The van der Waals surface area contributed by atoms with Crippen LogP contribution in [0.2, 0.25) is 0 Å². The van der Waals surface area contributed by atoms with Crippen molar-refractivity contribution >= 4 is 17.5 Å². The molecule has 0 aliphatic heterocycles. The van der Waals surface area contributed by atoms with Crippen molar-refractivity contribution in [1.82, 2.24) is 5.32 Å². The van der Waals surface area contributed by atoms with Crippen LogP contribution in [0.5, 0.6) is 11.5 Å². The summed E-state index contributed by atoms with van der Waals surface area (Å²) in [5.74, 6) is 0.566. The van der Waals surface area contributed by atoms with Crippen LogP contribution in [0.15, 0.2) is 42.5 Å². The number of hydrogen-bond donors (Lipinski definition) is 2. The van der Waals surface area contributed by atoms with Crippen molar-refractivity contribution in [3.8, 4) is 11.5 Å². The molecule has 2 N–H and O–H groups in total. The second-order valence-corrected chi connectivity index (χ2v) is 6.85. The summed E-state index contributed by atoms with van der Waals surface area (Å²) in [6, 6.07) is 11.7. The molecule has 0 bridgehead atoms. The van der Waals surface area contributed by atoms with Crippen molar-refractivity contribution in [3.05, 3.63) is 53.6 Å². The van der Waals surface area contributed by atoms with Crippen LogP contribution in [0, 0.1) is 12.8 Å². The predicted octanol–water partition coefficient (Wildman–Crippen LogP) is 3.80. The predicted molar refractivity (Wildman–Crippen MR) is 110 cm³/mol. The van der Waals surface area contributed by atoms with Gasteiger partial charge in [0.1, 0.15) is 17.5 Å². The molecule has 28 heavy (non-hydrogen) atoms. The van der Waals surface area contributed by atoms with Crippen LogP contribution in [0.3, 0.4) is 0 Å². The summed E-state index contributed by atoms with van der Waals surface area (Å²) in [4.78, 5) is 25.4. The summed E-state index contributed by atoms with van der Waals surface area (Å²) in [5, 5.41) is 5.69. The first-order valence-corrected chi connectivity index (χ1v) is 9.35. The number of benzene rings is 2. The first kappa shape index (κ1) is 21.3. The van der Waals surface area contributed by atoms with E-state index in [0.717, 1.165) is 5.56 Å². The molecule has 1 atom stereocenters. The van der Waals surface area contributed by atoms with Gasteiger partial charge in [0.15, 0.2) is 0 Å². The van der Waals surface area contributed by atoms with Crippen molar-refractivity contribution in [2.75, 3.05) is 19.0 Å². The van der Waals surface area contributed by atoms with E-state index in [1.54, 1.807) is 37.4 Å². The van der Waals surface area contributed by atoms with Crippen LogP contribution >= 0.6 is 0 Å². The van der Waals surface area contributed by atoms with Crippen LogP contribution < -0.4 is 20.1 Å². The van der Waals surface area contributed by atoms with Gasteiger partial charge in [0.05, 0.1) is 19.4 Å². The van der Waals surface area contributed by atoms with Crippen LogP contribution in [0.1, 0.15) is 36.7 Å². The molecule has 0 aliphatic rings. The Morgan fingerprint density at radius 1 is 1.07 bits per heavy atom. The van der Waals surface area contributed by atoms with Gasteiger partial charge in [-0.3, -0.25) is 9.59 Å². The molecule has 0 aliphatic carbocycles. The quantitative estimate of drug-likeness (QED) is 0.726. The van der Waals surface area contributed by atoms with Crippen LogP contribution in [0.25, 0.3) is 0 Å². The van der Waals surface area contributed by atoms with Crippen LogP contribution in [-0.4, -0.2) is 31.6 Å². The molecule has 0 saturated carbocycles.